The van der Waals surface area contributed by atoms with Crippen molar-refractivity contribution in [2.75, 3.05) is 0 Å². The van der Waals surface area contributed by atoms with Gasteiger partial charge in [0.25, 0.3) is 0 Å². The lowest BCUT2D eigenvalue weighted by molar-refractivity contribution is 0.0727. The van der Waals surface area contributed by atoms with Gasteiger partial charge < -0.3 is 9.47 Å². The van der Waals surface area contributed by atoms with Gasteiger partial charge in [0.15, 0.2) is 0 Å². The number of aromatic nitrogens is 1. The predicted molar refractivity (Wildman–Crippen MR) is 68.8 cm³/mol. The number of pyridine rings is 1. The van der Waals surface area contributed by atoms with Gasteiger partial charge in [-0.2, -0.15) is 0 Å². The van der Waals surface area contributed by atoms with Crippen LogP contribution in [0.25, 0.3) is 10.9 Å². The van der Waals surface area contributed by atoms with Crippen molar-refractivity contribution in [3.8, 4) is 5.75 Å². The molecule has 3 heteroatoms. The summed E-state index contributed by atoms with van der Waals surface area (Å²) in [4.78, 5) is 4.43. The second-order valence-electron chi connectivity index (χ2n) is 5.72. The Morgan fingerprint density at radius 3 is 2.94 bits per heavy atom. The molecule has 1 saturated heterocycles. The average molecular weight is 241 g/mol. The van der Waals surface area contributed by atoms with Crippen LogP contribution in [0, 0.1) is 6.92 Å². The van der Waals surface area contributed by atoms with E-state index in [4.69, 9.17) is 9.47 Å². The fourth-order valence-corrected chi connectivity index (χ4v) is 2.86. The van der Waals surface area contributed by atoms with Crippen LogP contribution in [0.3, 0.4) is 0 Å². The van der Waals surface area contributed by atoms with Crippen LogP contribution in [0.4, 0.5) is 0 Å². The Kier molecular flexibility index (Phi) is 1.74. The second-order valence-corrected chi connectivity index (χ2v) is 5.72. The SMILES string of the molecule is Cc1ccnc2cc3c(cc12)OC(C)(C)[C@@H]1O[C@H]31. The van der Waals surface area contributed by atoms with Gasteiger partial charge in [0.2, 0.25) is 0 Å². The molecule has 0 saturated carbocycles. The van der Waals surface area contributed by atoms with Crippen molar-refractivity contribution < 1.29 is 9.47 Å². The van der Waals surface area contributed by atoms with Crippen molar-refractivity contribution in [2.24, 2.45) is 0 Å². The highest BCUT2D eigenvalue weighted by atomic mass is 16.6. The molecule has 0 amide bonds. The van der Waals surface area contributed by atoms with Crippen LogP contribution in [0.5, 0.6) is 5.75 Å². The highest BCUT2D eigenvalue weighted by Gasteiger charge is 2.56. The van der Waals surface area contributed by atoms with E-state index in [0.29, 0.717) is 0 Å². The van der Waals surface area contributed by atoms with E-state index in [-0.39, 0.29) is 17.8 Å². The van der Waals surface area contributed by atoms with E-state index in [9.17, 15) is 0 Å². The maximum atomic E-state index is 6.08. The summed E-state index contributed by atoms with van der Waals surface area (Å²) in [5.74, 6) is 0.947. The van der Waals surface area contributed by atoms with E-state index in [2.05, 4.69) is 37.9 Å². The topological polar surface area (TPSA) is 34.6 Å². The van der Waals surface area contributed by atoms with Crippen LogP contribution in [-0.4, -0.2) is 16.7 Å². The third kappa shape index (κ3) is 1.25. The third-order valence-corrected chi connectivity index (χ3v) is 3.95. The molecule has 2 aliphatic heterocycles. The molecule has 0 spiro atoms. The van der Waals surface area contributed by atoms with Gasteiger partial charge in [-0.05, 0) is 44.5 Å². The van der Waals surface area contributed by atoms with Gasteiger partial charge in [0, 0.05) is 17.1 Å². The fraction of sp³-hybridized carbons (Fsp3) is 0.400. The van der Waals surface area contributed by atoms with Crippen molar-refractivity contribution in [1.82, 2.24) is 4.98 Å². The molecule has 4 rings (SSSR count). The van der Waals surface area contributed by atoms with Crippen LogP contribution < -0.4 is 4.74 Å². The van der Waals surface area contributed by atoms with E-state index < -0.39 is 0 Å². The molecular formula is C15H15NO2. The summed E-state index contributed by atoms with van der Waals surface area (Å²) in [6, 6.07) is 6.24. The van der Waals surface area contributed by atoms with E-state index >= 15 is 0 Å². The molecule has 3 heterocycles. The van der Waals surface area contributed by atoms with Crippen molar-refractivity contribution >= 4 is 10.9 Å². The summed E-state index contributed by atoms with van der Waals surface area (Å²) in [5, 5.41) is 1.16. The van der Waals surface area contributed by atoms with Crippen LogP contribution in [0.1, 0.15) is 31.1 Å². The maximum Gasteiger partial charge on any atom is 0.132 e. The monoisotopic (exact) mass is 241 g/mol. The van der Waals surface area contributed by atoms with Gasteiger partial charge in [-0.3, -0.25) is 4.98 Å². The van der Waals surface area contributed by atoms with Gasteiger partial charge in [-0.15, -0.1) is 0 Å². The predicted octanol–water partition coefficient (Wildman–Crippen LogP) is 3.15. The van der Waals surface area contributed by atoms with Gasteiger partial charge in [-0.1, -0.05) is 0 Å². The molecule has 0 radical (unpaired) electrons. The highest BCUT2D eigenvalue weighted by molar-refractivity contribution is 5.84. The Bertz CT molecular complexity index is 663. The number of epoxide rings is 1. The molecule has 1 aromatic heterocycles. The molecule has 3 nitrogen and oxygen atoms in total. The number of hydrogen-bond donors (Lipinski definition) is 0. The minimum Gasteiger partial charge on any atom is -0.485 e. The molecule has 18 heavy (non-hydrogen) atoms. The quantitative estimate of drug-likeness (QED) is 0.664. The van der Waals surface area contributed by atoms with Crippen LogP contribution in [-0.2, 0) is 4.74 Å². The molecule has 0 N–H and O–H groups in total. The first-order chi connectivity index (χ1) is 8.56. The summed E-state index contributed by atoms with van der Waals surface area (Å²) in [7, 11) is 0. The molecular weight excluding hydrogens is 226 g/mol. The number of aryl methyl sites for hydroxylation is 1. The van der Waals surface area contributed by atoms with E-state index in [1.807, 2.05) is 12.3 Å². The number of ether oxygens (including phenoxy) is 2. The lowest BCUT2D eigenvalue weighted by atomic mass is 9.93. The lowest BCUT2D eigenvalue weighted by Crippen LogP contribution is -2.37. The van der Waals surface area contributed by atoms with Gasteiger partial charge in [-0.25, -0.2) is 0 Å². The van der Waals surface area contributed by atoms with Crippen molar-refractivity contribution in [3.63, 3.8) is 0 Å². The first kappa shape index (κ1) is 10.3. The van der Waals surface area contributed by atoms with Crippen LogP contribution in [0.15, 0.2) is 24.4 Å². The molecule has 1 fully saturated rings. The standard InChI is InChI=1S/C15H15NO2/c1-8-4-5-16-11-6-10-12(7-9(8)11)18-15(2,3)14-13(10)17-14/h4-7,13-14H,1-3H3/t13-,14-/m1/s1. The number of benzene rings is 1. The zero-order valence-corrected chi connectivity index (χ0v) is 10.7. The highest BCUT2D eigenvalue weighted by Crippen LogP contribution is 2.54. The second kappa shape index (κ2) is 3.04. The molecule has 2 aliphatic rings. The van der Waals surface area contributed by atoms with E-state index in [1.54, 1.807) is 0 Å². The summed E-state index contributed by atoms with van der Waals surface area (Å²) in [6.07, 6.45) is 2.23. The number of nitrogens with zero attached hydrogens (tertiary/aromatic N) is 1. The summed E-state index contributed by atoms with van der Waals surface area (Å²) in [5.41, 5.74) is 3.15. The van der Waals surface area contributed by atoms with Crippen molar-refractivity contribution in [3.05, 3.63) is 35.5 Å². The Labute approximate surface area is 106 Å². The molecule has 1 aromatic carbocycles. The summed E-state index contributed by atoms with van der Waals surface area (Å²) >= 11 is 0. The number of rotatable bonds is 0. The molecule has 0 bridgehead atoms. The zero-order chi connectivity index (χ0) is 12.5. The number of hydrogen-bond acceptors (Lipinski definition) is 3. The van der Waals surface area contributed by atoms with Gasteiger partial charge in [0.05, 0.1) is 5.52 Å². The first-order valence-electron chi connectivity index (χ1n) is 6.30. The van der Waals surface area contributed by atoms with Gasteiger partial charge >= 0.3 is 0 Å². The smallest absolute Gasteiger partial charge is 0.132 e. The van der Waals surface area contributed by atoms with Crippen LogP contribution >= 0.6 is 0 Å². The van der Waals surface area contributed by atoms with Crippen LogP contribution in [0.2, 0.25) is 0 Å². The first-order valence-corrected chi connectivity index (χ1v) is 6.30. The Balaban J connectivity index is 1.98. The lowest BCUT2D eigenvalue weighted by Gasteiger charge is -2.29. The third-order valence-electron chi connectivity index (χ3n) is 3.95. The Morgan fingerprint density at radius 2 is 2.11 bits per heavy atom. The molecule has 0 aliphatic carbocycles. The summed E-state index contributed by atoms with van der Waals surface area (Å²) in [6.45, 7) is 6.27. The minimum absolute atomic E-state index is 0.187. The zero-order valence-electron chi connectivity index (χ0n) is 10.7. The average Bonchev–Trinajstić information content (AvgIpc) is 3.09. The Morgan fingerprint density at radius 1 is 1.28 bits per heavy atom. The fourth-order valence-electron chi connectivity index (χ4n) is 2.86. The normalized spacial score (nSPS) is 27.3. The molecule has 2 aromatic rings. The largest absolute Gasteiger partial charge is 0.485 e. The maximum absolute atomic E-state index is 6.08. The molecule has 0 unspecified atom stereocenters. The van der Waals surface area contributed by atoms with Gasteiger partial charge in [0.1, 0.15) is 23.6 Å². The minimum atomic E-state index is -0.235. The molecule has 92 valence electrons. The van der Waals surface area contributed by atoms with E-state index in [1.165, 1.54) is 5.56 Å². The van der Waals surface area contributed by atoms with Crippen molar-refractivity contribution in [2.45, 2.75) is 38.6 Å². The Hall–Kier alpha value is -1.61. The summed E-state index contributed by atoms with van der Waals surface area (Å²) < 4.78 is 11.8. The van der Waals surface area contributed by atoms with E-state index in [0.717, 1.165) is 22.2 Å². The number of fused-ring (bicyclic) bond motifs is 4. The molecule has 2 atom stereocenters. The van der Waals surface area contributed by atoms with Crippen molar-refractivity contribution in [1.29, 1.82) is 0 Å².